The standard InChI is InChI=1S/2C9H7.C6H5.2ClH.H3P.Zr/c2*1-2-5-9-7-3-6-8(9)4-1;1-2-4-6-5-3-1;;;;/h2*1-7H;1-5H;2*1H;1H3;/q3*-1;;;;+3. The van der Waals surface area contributed by atoms with Gasteiger partial charge in [0.05, 0.1) is 0 Å². The summed E-state index contributed by atoms with van der Waals surface area (Å²) in [6.45, 7) is 0. The van der Waals surface area contributed by atoms with Gasteiger partial charge in [-0.05, 0) is 0 Å². The van der Waals surface area contributed by atoms with Crippen molar-refractivity contribution in [3.05, 3.63) is 121 Å². The zero-order chi connectivity index (χ0) is 16.5. The van der Waals surface area contributed by atoms with Crippen molar-refractivity contribution in [2.75, 3.05) is 0 Å². The molecule has 0 aliphatic heterocycles. The predicted octanol–water partition coefficient (Wildman–Crippen LogP) is 7.50. The molecule has 28 heavy (non-hydrogen) atoms. The molecule has 5 rings (SSSR count). The van der Waals surface area contributed by atoms with Crippen molar-refractivity contribution in [2.24, 2.45) is 0 Å². The maximum atomic E-state index is 2.89. The maximum absolute atomic E-state index is 2.89. The van der Waals surface area contributed by atoms with Crippen LogP contribution in [0.25, 0.3) is 21.5 Å². The SMILES string of the molecule is Cl.Cl.P.[Zr+3].[c-]1ccccc1.c1ccc2[cH-]ccc2c1.c1ccc2[cH-]ccc2c1. The molecule has 0 saturated heterocycles. The van der Waals surface area contributed by atoms with Gasteiger partial charge in [0.1, 0.15) is 0 Å². The van der Waals surface area contributed by atoms with E-state index in [4.69, 9.17) is 0 Å². The molecule has 0 aliphatic rings. The zero-order valence-corrected chi connectivity index (χ0v) is 21.0. The van der Waals surface area contributed by atoms with Crippen molar-refractivity contribution in [3.8, 4) is 0 Å². The minimum Gasteiger partial charge on any atom is -0.184 e. The Hall–Kier alpha value is -1.23. The third kappa shape index (κ3) is 9.31. The van der Waals surface area contributed by atoms with E-state index in [1.54, 1.807) is 0 Å². The molecule has 1 atom stereocenters. The molecule has 0 fully saturated rings. The van der Waals surface area contributed by atoms with Crippen LogP contribution < -0.4 is 0 Å². The van der Waals surface area contributed by atoms with Crippen LogP contribution in [-0.4, -0.2) is 0 Å². The Morgan fingerprint density at radius 1 is 0.536 bits per heavy atom. The molecule has 5 aromatic carbocycles. The van der Waals surface area contributed by atoms with Gasteiger partial charge in [-0.3, -0.25) is 0 Å². The van der Waals surface area contributed by atoms with E-state index in [2.05, 4.69) is 91.0 Å². The number of fused-ring (bicyclic) bond motifs is 2. The minimum atomic E-state index is 0. The van der Waals surface area contributed by atoms with E-state index in [9.17, 15) is 0 Å². The summed E-state index contributed by atoms with van der Waals surface area (Å²) in [5, 5.41) is 5.32. The van der Waals surface area contributed by atoms with Crippen LogP contribution in [0.5, 0.6) is 0 Å². The van der Waals surface area contributed by atoms with Gasteiger partial charge in [0.2, 0.25) is 0 Å². The molecule has 0 aromatic heterocycles. The number of hydrogen-bond donors (Lipinski definition) is 0. The van der Waals surface area contributed by atoms with Crippen molar-refractivity contribution >= 4 is 56.3 Å². The molecule has 0 spiro atoms. The van der Waals surface area contributed by atoms with E-state index >= 15 is 0 Å². The van der Waals surface area contributed by atoms with Crippen molar-refractivity contribution in [1.82, 2.24) is 0 Å². The Bertz CT molecular complexity index is 824. The Labute approximate surface area is 202 Å². The third-order valence-electron chi connectivity index (χ3n) is 3.70. The number of halogens is 2. The van der Waals surface area contributed by atoms with Gasteiger partial charge in [0.15, 0.2) is 0 Å². The molecule has 0 amide bonds. The van der Waals surface area contributed by atoms with Gasteiger partial charge in [0, 0.05) is 0 Å². The fourth-order valence-corrected chi connectivity index (χ4v) is 2.48. The number of hydrogen-bond acceptors (Lipinski definition) is 0. The van der Waals surface area contributed by atoms with Crippen LogP contribution in [0.15, 0.2) is 115 Å². The summed E-state index contributed by atoms with van der Waals surface area (Å²) >= 11 is 0. The Morgan fingerprint density at radius 2 is 0.964 bits per heavy atom. The minimum absolute atomic E-state index is 0. The molecule has 0 saturated carbocycles. The fourth-order valence-electron chi connectivity index (χ4n) is 2.48. The number of benzene rings is 3. The van der Waals surface area contributed by atoms with Gasteiger partial charge in [0.25, 0.3) is 0 Å². The van der Waals surface area contributed by atoms with Crippen LogP contribution >= 0.6 is 34.7 Å². The molecular weight excluding hydrogens is 481 g/mol. The predicted molar refractivity (Wildman–Crippen MR) is 130 cm³/mol. The van der Waals surface area contributed by atoms with Crippen LogP contribution in [0.4, 0.5) is 0 Å². The maximum Gasteiger partial charge on any atom is 3.00 e. The van der Waals surface area contributed by atoms with Gasteiger partial charge in [-0.15, -0.1) is 84.1 Å². The van der Waals surface area contributed by atoms with Crippen LogP contribution in [-0.2, 0) is 26.2 Å². The summed E-state index contributed by atoms with van der Waals surface area (Å²) in [4.78, 5) is 0. The molecule has 5 aromatic rings. The first-order valence-electron chi connectivity index (χ1n) is 8.05. The fraction of sp³-hybridized carbons (Fsp3) is 0. The smallest absolute Gasteiger partial charge is 0.184 e. The zero-order valence-electron chi connectivity index (χ0n) is 15.5. The van der Waals surface area contributed by atoms with E-state index < -0.39 is 0 Å². The third-order valence-corrected chi connectivity index (χ3v) is 3.70. The first-order chi connectivity index (χ1) is 11.9. The van der Waals surface area contributed by atoms with Crippen LogP contribution in [0.3, 0.4) is 0 Å². The van der Waals surface area contributed by atoms with Crippen molar-refractivity contribution in [3.63, 3.8) is 0 Å². The Morgan fingerprint density at radius 3 is 1.29 bits per heavy atom. The summed E-state index contributed by atoms with van der Waals surface area (Å²) in [6, 6.07) is 41.8. The topological polar surface area (TPSA) is 0 Å². The summed E-state index contributed by atoms with van der Waals surface area (Å²) < 4.78 is 0. The molecule has 0 bridgehead atoms. The monoisotopic (exact) mass is 503 g/mol. The second kappa shape index (κ2) is 16.7. The molecule has 4 heteroatoms. The normalized spacial score (nSPS) is 8.29. The van der Waals surface area contributed by atoms with Gasteiger partial charge in [-0.25, -0.2) is 0 Å². The molecule has 0 aliphatic carbocycles. The molecule has 0 N–H and O–H groups in total. The van der Waals surface area contributed by atoms with E-state index in [1.165, 1.54) is 21.5 Å². The average Bonchev–Trinajstić information content (AvgIpc) is 3.33. The van der Waals surface area contributed by atoms with E-state index in [1.807, 2.05) is 30.3 Å². The molecule has 143 valence electrons. The largest absolute Gasteiger partial charge is 3.00 e. The van der Waals surface area contributed by atoms with Crippen molar-refractivity contribution < 1.29 is 26.2 Å². The second-order valence-electron chi connectivity index (χ2n) is 5.39. The van der Waals surface area contributed by atoms with E-state index in [0.29, 0.717) is 0 Å². The first-order valence-corrected chi connectivity index (χ1v) is 8.05. The molecular formula is C24H24Cl2PZr. The Balaban J connectivity index is 0. The van der Waals surface area contributed by atoms with E-state index in [0.717, 1.165) is 0 Å². The molecule has 0 heterocycles. The van der Waals surface area contributed by atoms with Gasteiger partial charge in [-0.1, -0.05) is 12.1 Å². The average molecular weight is 506 g/mol. The second-order valence-corrected chi connectivity index (χ2v) is 5.39. The Kier molecular flexibility index (Phi) is 17.3. The van der Waals surface area contributed by atoms with Crippen LogP contribution in [0.2, 0.25) is 0 Å². The molecule has 1 radical (unpaired) electrons. The first kappa shape index (κ1) is 29.0. The summed E-state index contributed by atoms with van der Waals surface area (Å²) in [6.07, 6.45) is 0. The quantitative estimate of drug-likeness (QED) is 0.151. The van der Waals surface area contributed by atoms with Crippen molar-refractivity contribution in [1.29, 1.82) is 0 Å². The van der Waals surface area contributed by atoms with E-state index in [-0.39, 0.29) is 60.9 Å². The summed E-state index contributed by atoms with van der Waals surface area (Å²) in [5.41, 5.74) is 0. The van der Waals surface area contributed by atoms with Gasteiger partial charge < -0.3 is 0 Å². The summed E-state index contributed by atoms with van der Waals surface area (Å²) in [5.74, 6) is 0. The number of rotatable bonds is 0. The molecule has 0 nitrogen and oxygen atoms in total. The summed E-state index contributed by atoms with van der Waals surface area (Å²) in [7, 11) is 0. The van der Waals surface area contributed by atoms with Crippen molar-refractivity contribution in [2.45, 2.75) is 0 Å². The van der Waals surface area contributed by atoms with Gasteiger partial charge in [-0.2, -0.15) is 81.3 Å². The molecule has 1 unspecified atom stereocenters. The van der Waals surface area contributed by atoms with Crippen LogP contribution in [0.1, 0.15) is 0 Å². The van der Waals surface area contributed by atoms with Crippen LogP contribution in [0, 0.1) is 6.07 Å². The van der Waals surface area contributed by atoms with Gasteiger partial charge >= 0.3 is 26.2 Å².